The van der Waals surface area contributed by atoms with Gasteiger partial charge in [0.1, 0.15) is 16.4 Å². The van der Waals surface area contributed by atoms with Crippen LogP contribution in [0.5, 0.6) is 5.75 Å². The lowest BCUT2D eigenvalue weighted by Crippen LogP contribution is -2.16. The summed E-state index contributed by atoms with van der Waals surface area (Å²) in [4.78, 5) is 22.0. The monoisotopic (exact) mass is 301 g/mol. The molecule has 1 aromatic carbocycles. The molecule has 0 fully saturated rings. The van der Waals surface area contributed by atoms with Gasteiger partial charge in [0, 0.05) is 17.8 Å². The summed E-state index contributed by atoms with van der Waals surface area (Å²) in [5.74, 6) is -0.741. The van der Waals surface area contributed by atoms with Gasteiger partial charge in [0.2, 0.25) is 5.91 Å². The molecule has 0 aliphatic heterocycles. The van der Waals surface area contributed by atoms with Crippen LogP contribution in [0.3, 0.4) is 0 Å². The third kappa shape index (κ3) is 4.04. The Bertz CT molecular complexity index is 650. The Hall–Kier alpha value is -1.93. The number of anilines is 1. The second kappa shape index (κ2) is 6.02. The van der Waals surface area contributed by atoms with Crippen molar-refractivity contribution in [1.29, 1.82) is 0 Å². The highest BCUT2D eigenvalue weighted by molar-refractivity contribution is 7.85. The summed E-state index contributed by atoms with van der Waals surface area (Å²) in [5.41, 5.74) is 0.313. The third-order valence-corrected chi connectivity index (χ3v) is 3.51. The minimum Gasteiger partial charge on any atom is -0.497 e. The first kappa shape index (κ1) is 16.1. The molecule has 0 saturated carbocycles. The van der Waals surface area contributed by atoms with Crippen molar-refractivity contribution in [2.45, 2.75) is 25.2 Å². The van der Waals surface area contributed by atoms with E-state index in [0.717, 1.165) is 6.07 Å². The molecule has 0 aromatic heterocycles. The van der Waals surface area contributed by atoms with Gasteiger partial charge in [-0.2, -0.15) is 8.42 Å². The zero-order valence-corrected chi connectivity index (χ0v) is 12.1. The van der Waals surface area contributed by atoms with Gasteiger partial charge in [-0.3, -0.25) is 14.1 Å². The third-order valence-electron chi connectivity index (χ3n) is 2.53. The normalized spacial score (nSPS) is 11.0. The summed E-state index contributed by atoms with van der Waals surface area (Å²) in [7, 11) is -3.13. The fourth-order valence-corrected chi connectivity index (χ4v) is 2.36. The summed E-state index contributed by atoms with van der Waals surface area (Å²) in [6, 6.07) is 2.55. The molecular formula is C12H15NO6S. The Morgan fingerprint density at radius 1 is 1.35 bits per heavy atom. The van der Waals surface area contributed by atoms with Crippen LogP contribution in [0.1, 0.15) is 18.9 Å². The highest BCUT2D eigenvalue weighted by atomic mass is 32.2. The Kier molecular flexibility index (Phi) is 4.85. The summed E-state index contributed by atoms with van der Waals surface area (Å²) in [5, 5.41) is 2.41. The molecule has 0 unspecified atom stereocenters. The van der Waals surface area contributed by atoms with Gasteiger partial charge >= 0.3 is 0 Å². The molecule has 110 valence electrons. The topological polar surface area (TPSA) is 110 Å². The zero-order chi connectivity index (χ0) is 15.5. The molecule has 2 N–H and O–H groups in total. The van der Waals surface area contributed by atoms with Gasteiger partial charge in [-0.15, -0.1) is 0 Å². The number of amides is 1. The highest BCUT2D eigenvalue weighted by Crippen LogP contribution is 2.29. The van der Waals surface area contributed by atoms with Gasteiger partial charge in [0.15, 0.2) is 0 Å². The number of nitrogens with one attached hydrogen (secondary N) is 1. The van der Waals surface area contributed by atoms with Gasteiger partial charge in [0.25, 0.3) is 10.1 Å². The van der Waals surface area contributed by atoms with Crippen LogP contribution in [-0.2, 0) is 19.7 Å². The molecule has 0 bridgehead atoms. The fourth-order valence-electron chi connectivity index (χ4n) is 1.60. The first-order chi connectivity index (χ1) is 9.15. The SMILES string of the molecule is COc1cc(NC(=O)CC(C)=O)c(C)c(S(=O)(=O)O)c1. The molecule has 0 aliphatic carbocycles. The molecule has 0 aliphatic rings. The molecular weight excluding hydrogens is 286 g/mol. The molecule has 1 amide bonds. The molecule has 1 aromatic rings. The van der Waals surface area contributed by atoms with Gasteiger partial charge in [-0.05, 0) is 19.4 Å². The largest absolute Gasteiger partial charge is 0.497 e. The van der Waals surface area contributed by atoms with E-state index in [0.29, 0.717) is 0 Å². The van der Waals surface area contributed by atoms with Crippen LogP contribution in [0, 0.1) is 6.92 Å². The summed E-state index contributed by atoms with van der Waals surface area (Å²) in [6.07, 6.45) is -0.322. The minimum atomic E-state index is -4.45. The smallest absolute Gasteiger partial charge is 0.294 e. The van der Waals surface area contributed by atoms with Crippen molar-refractivity contribution in [3.05, 3.63) is 17.7 Å². The summed E-state index contributed by atoms with van der Waals surface area (Å²) >= 11 is 0. The second-order valence-electron chi connectivity index (χ2n) is 4.20. The number of benzene rings is 1. The lowest BCUT2D eigenvalue weighted by atomic mass is 10.1. The fraction of sp³-hybridized carbons (Fsp3) is 0.333. The molecule has 1 rings (SSSR count). The van der Waals surface area contributed by atoms with E-state index in [1.54, 1.807) is 0 Å². The molecule has 0 heterocycles. The highest BCUT2D eigenvalue weighted by Gasteiger charge is 2.19. The van der Waals surface area contributed by atoms with E-state index in [1.165, 1.54) is 27.0 Å². The van der Waals surface area contributed by atoms with Gasteiger partial charge in [-0.25, -0.2) is 0 Å². The Labute approximate surface area is 116 Å². The van der Waals surface area contributed by atoms with Crippen molar-refractivity contribution in [3.63, 3.8) is 0 Å². The van der Waals surface area contributed by atoms with Gasteiger partial charge in [0.05, 0.1) is 13.5 Å². The van der Waals surface area contributed by atoms with Crippen molar-refractivity contribution in [1.82, 2.24) is 0 Å². The maximum atomic E-state index is 11.6. The number of ketones is 1. The molecule has 7 nitrogen and oxygen atoms in total. The first-order valence-electron chi connectivity index (χ1n) is 5.60. The van der Waals surface area contributed by atoms with E-state index >= 15 is 0 Å². The maximum Gasteiger partial charge on any atom is 0.294 e. The van der Waals surface area contributed by atoms with Crippen LogP contribution in [-0.4, -0.2) is 31.8 Å². The van der Waals surface area contributed by atoms with Crippen molar-refractivity contribution in [2.24, 2.45) is 0 Å². The average Bonchev–Trinajstić information content (AvgIpc) is 2.29. The van der Waals surface area contributed by atoms with Crippen molar-refractivity contribution < 1.29 is 27.3 Å². The van der Waals surface area contributed by atoms with E-state index < -0.39 is 16.0 Å². The number of Topliss-reactive ketones (excluding diaryl/α,β-unsaturated/α-hetero) is 1. The number of hydrogen-bond acceptors (Lipinski definition) is 5. The van der Waals surface area contributed by atoms with E-state index in [9.17, 15) is 18.0 Å². The molecule has 0 atom stereocenters. The minimum absolute atomic E-state index is 0.154. The number of carbonyl (C=O) groups is 2. The number of carbonyl (C=O) groups excluding carboxylic acids is 2. The number of ether oxygens (including phenoxy) is 1. The Morgan fingerprint density at radius 3 is 2.40 bits per heavy atom. The Morgan fingerprint density at radius 2 is 1.95 bits per heavy atom. The second-order valence-corrected chi connectivity index (χ2v) is 5.59. The summed E-state index contributed by atoms with van der Waals surface area (Å²) in [6.45, 7) is 2.69. The number of methoxy groups -OCH3 is 1. The van der Waals surface area contributed by atoms with Crippen molar-refractivity contribution >= 4 is 27.5 Å². The van der Waals surface area contributed by atoms with Crippen LogP contribution < -0.4 is 10.1 Å². The zero-order valence-electron chi connectivity index (χ0n) is 11.3. The maximum absolute atomic E-state index is 11.6. The Balaban J connectivity index is 3.26. The van der Waals surface area contributed by atoms with E-state index in [4.69, 9.17) is 9.29 Å². The average molecular weight is 301 g/mol. The molecule has 20 heavy (non-hydrogen) atoms. The predicted molar refractivity (Wildman–Crippen MR) is 71.5 cm³/mol. The van der Waals surface area contributed by atoms with Crippen LogP contribution in [0.2, 0.25) is 0 Å². The number of hydrogen-bond donors (Lipinski definition) is 2. The molecule has 0 radical (unpaired) electrons. The van der Waals surface area contributed by atoms with Crippen LogP contribution in [0.25, 0.3) is 0 Å². The molecule has 0 saturated heterocycles. The van der Waals surface area contributed by atoms with Crippen molar-refractivity contribution in [2.75, 3.05) is 12.4 Å². The number of rotatable bonds is 5. The predicted octanol–water partition coefficient (Wildman–Crippen LogP) is 1.17. The standard InChI is InChI=1S/C12H15NO6S/c1-7(14)4-12(15)13-10-5-9(19-3)6-11(8(10)2)20(16,17)18/h5-6H,4H2,1-3H3,(H,13,15)(H,16,17,18). The van der Waals surface area contributed by atoms with E-state index in [2.05, 4.69) is 5.32 Å². The summed E-state index contributed by atoms with van der Waals surface area (Å²) < 4.78 is 36.6. The quantitative estimate of drug-likeness (QED) is 0.624. The lowest BCUT2D eigenvalue weighted by Gasteiger charge is -2.13. The van der Waals surface area contributed by atoms with Crippen LogP contribution in [0.4, 0.5) is 5.69 Å². The lowest BCUT2D eigenvalue weighted by molar-refractivity contribution is -0.124. The molecule has 8 heteroatoms. The van der Waals surface area contributed by atoms with E-state index in [-0.39, 0.29) is 34.1 Å². The van der Waals surface area contributed by atoms with Gasteiger partial charge in [-0.1, -0.05) is 0 Å². The van der Waals surface area contributed by atoms with Crippen molar-refractivity contribution in [3.8, 4) is 5.75 Å². The van der Waals surface area contributed by atoms with Crippen LogP contribution in [0.15, 0.2) is 17.0 Å². The molecule has 0 spiro atoms. The van der Waals surface area contributed by atoms with Gasteiger partial charge < -0.3 is 10.1 Å². The van der Waals surface area contributed by atoms with E-state index in [1.807, 2.05) is 0 Å². The first-order valence-corrected chi connectivity index (χ1v) is 7.04. The van der Waals surface area contributed by atoms with Crippen LogP contribution >= 0.6 is 0 Å².